The van der Waals surface area contributed by atoms with Gasteiger partial charge in [-0.1, -0.05) is 0 Å². The number of carbonyl (C=O) groups is 1. The van der Waals surface area contributed by atoms with E-state index < -0.39 is 5.60 Å². The van der Waals surface area contributed by atoms with Crippen molar-refractivity contribution in [2.75, 3.05) is 7.11 Å². The van der Waals surface area contributed by atoms with E-state index in [1.807, 2.05) is 0 Å². The van der Waals surface area contributed by atoms with Crippen molar-refractivity contribution in [3.63, 3.8) is 0 Å². The summed E-state index contributed by atoms with van der Waals surface area (Å²) in [6, 6.07) is 0. The van der Waals surface area contributed by atoms with Crippen molar-refractivity contribution in [3.05, 3.63) is 15.0 Å². The number of carbonyl (C=O) groups excluding carboxylic acids is 1. The Labute approximate surface area is 112 Å². The molecule has 0 radical (unpaired) electrons. The molecule has 17 heavy (non-hydrogen) atoms. The number of esters is 1. The van der Waals surface area contributed by atoms with E-state index in [1.54, 1.807) is 6.20 Å². The first-order chi connectivity index (χ1) is 8.05. The van der Waals surface area contributed by atoms with Crippen LogP contribution in [0, 0.1) is 5.92 Å². The maximum Gasteiger partial charge on any atom is 0.308 e. The Morgan fingerprint density at radius 3 is 2.76 bits per heavy atom. The Hall–Kier alpha value is -0.460. The van der Waals surface area contributed by atoms with Gasteiger partial charge in [-0.15, -0.1) is 11.3 Å². The molecule has 0 saturated heterocycles. The van der Waals surface area contributed by atoms with Gasteiger partial charge in [0.2, 0.25) is 0 Å². The van der Waals surface area contributed by atoms with E-state index in [4.69, 9.17) is 4.74 Å². The molecule has 1 fully saturated rings. The van der Waals surface area contributed by atoms with Gasteiger partial charge in [0, 0.05) is 0 Å². The van der Waals surface area contributed by atoms with Crippen molar-refractivity contribution in [1.82, 2.24) is 4.98 Å². The van der Waals surface area contributed by atoms with Crippen LogP contribution in [-0.2, 0) is 15.1 Å². The smallest absolute Gasteiger partial charge is 0.308 e. The molecule has 1 N–H and O–H groups in total. The van der Waals surface area contributed by atoms with Gasteiger partial charge in [0.25, 0.3) is 0 Å². The normalized spacial score (nSPS) is 29.0. The predicted octanol–water partition coefficient (Wildman–Crippen LogP) is 2.46. The molecule has 1 aliphatic rings. The molecule has 0 bridgehead atoms. The number of thiazole rings is 1. The van der Waals surface area contributed by atoms with Crippen molar-refractivity contribution in [2.45, 2.75) is 31.3 Å². The molecule has 0 aliphatic heterocycles. The summed E-state index contributed by atoms with van der Waals surface area (Å²) in [6.45, 7) is 0. The number of ether oxygens (including phenoxy) is 1. The van der Waals surface area contributed by atoms with Crippen LogP contribution in [-0.4, -0.2) is 23.2 Å². The minimum absolute atomic E-state index is 0.0799. The highest BCUT2D eigenvalue weighted by Crippen LogP contribution is 2.41. The summed E-state index contributed by atoms with van der Waals surface area (Å²) in [7, 11) is 1.40. The van der Waals surface area contributed by atoms with Crippen molar-refractivity contribution < 1.29 is 14.6 Å². The van der Waals surface area contributed by atoms with Gasteiger partial charge in [0.15, 0.2) is 0 Å². The van der Waals surface area contributed by atoms with E-state index in [1.165, 1.54) is 18.4 Å². The summed E-state index contributed by atoms with van der Waals surface area (Å²) < 4.78 is 5.64. The summed E-state index contributed by atoms with van der Waals surface area (Å²) in [5.41, 5.74) is -0.874. The third-order valence-corrected chi connectivity index (χ3v) is 4.89. The number of aromatic nitrogens is 1. The van der Waals surface area contributed by atoms with Crippen LogP contribution in [0.1, 0.15) is 30.7 Å². The minimum Gasteiger partial charge on any atom is -0.469 e. The largest absolute Gasteiger partial charge is 0.469 e. The van der Waals surface area contributed by atoms with Gasteiger partial charge in [0.05, 0.1) is 23.0 Å². The van der Waals surface area contributed by atoms with Crippen LogP contribution in [0.3, 0.4) is 0 Å². The van der Waals surface area contributed by atoms with Gasteiger partial charge >= 0.3 is 5.97 Å². The fraction of sp³-hybridized carbons (Fsp3) is 0.636. The van der Waals surface area contributed by atoms with Crippen LogP contribution in [0.2, 0.25) is 0 Å². The van der Waals surface area contributed by atoms with E-state index in [9.17, 15) is 9.90 Å². The Balaban J connectivity index is 2.05. The molecule has 0 aromatic carbocycles. The molecule has 6 heteroatoms. The lowest BCUT2D eigenvalue weighted by atomic mass is 9.79. The number of halogens is 1. The number of aliphatic hydroxyl groups is 1. The number of hydrogen-bond acceptors (Lipinski definition) is 5. The van der Waals surface area contributed by atoms with E-state index >= 15 is 0 Å². The molecule has 1 aromatic rings. The van der Waals surface area contributed by atoms with Gasteiger partial charge in [-0.2, -0.15) is 0 Å². The van der Waals surface area contributed by atoms with Gasteiger partial charge in [-0.3, -0.25) is 4.79 Å². The number of methoxy groups -OCH3 is 1. The molecule has 2 rings (SSSR count). The second kappa shape index (κ2) is 5.04. The summed E-state index contributed by atoms with van der Waals surface area (Å²) in [6.07, 6.45) is 4.13. The molecule has 1 saturated carbocycles. The number of nitrogens with zero attached hydrogens (tertiary/aromatic N) is 1. The topological polar surface area (TPSA) is 59.4 Å². The fourth-order valence-corrected chi connectivity index (χ4v) is 3.53. The highest BCUT2D eigenvalue weighted by Gasteiger charge is 2.39. The quantitative estimate of drug-likeness (QED) is 0.851. The lowest BCUT2D eigenvalue weighted by Crippen LogP contribution is -2.34. The van der Waals surface area contributed by atoms with E-state index in [0.717, 1.165) is 8.79 Å². The second-order valence-corrected chi connectivity index (χ2v) is 6.71. The number of rotatable bonds is 2. The van der Waals surface area contributed by atoms with Crippen molar-refractivity contribution in [3.8, 4) is 0 Å². The first kappa shape index (κ1) is 13.0. The second-order valence-electron chi connectivity index (χ2n) is 4.30. The highest BCUT2D eigenvalue weighted by atomic mass is 79.9. The predicted molar refractivity (Wildman–Crippen MR) is 67.7 cm³/mol. The van der Waals surface area contributed by atoms with E-state index in [0.29, 0.717) is 25.7 Å². The summed E-state index contributed by atoms with van der Waals surface area (Å²) in [5.74, 6) is -0.254. The van der Waals surface area contributed by atoms with Crippen molar-refractivity contribution in [1.29, 1.82) is 0 Å². The standard InChI is InChI=1S/C11H14BrNO3S/c1-16-9(14)7-2-4-11(15,5-3-7)10-13-6-8(12)17-10/h6-7,15H,2-5H2,1H3/t7-,11-. The molecule has 0 unspecified atom stereocenters. The molecule has 1 aliphatic carbocycles. The molecule has 1 heterocycles. The lowest BCUT2D eigenvalue weighted by Gasteiger charge is -2.33. The van der Waals surface area contributed by atoms with Crippen LogP contribution < -0.4 is 0 Å². The zero-order valence-electron chi connectivity index (χ0n) is 9.48. The summed E-state index contributed by atoms with van der Waals surface area (Å²) in [4.78, 5) is 15.6. The van der Waals surface area contributed by atoms with Gasteiger partial charge in [-0.05, 0) is 41.6 Å². The lowest BCUT2D eigenvalue weighted by molar-refractivity contribution is -0.148. The molecular formula is C11H14BrNO3S. The van der Waals surface area contributed by atoms with Crippen molar-refractivity contribution in [2.24, 2.45) is 5.92 Å². The third-order valence-electron chi connectivity index (χ3n) is 3.22. The Morgan fingerprint density at radius 1 is 1.65 bits per heavy atom. The Bertz CT molecular complexity index is 413. The third kappa shape index (κ3) is 2.69. The van der Waals surface area contributed by atoms with Crippen LogP contribution in [0.15, 0.2) is 9.98 Å². The first-order valence-electron chi connectivity index (χ1n) is 5.47. The molecular weight excluding hydrogens is 306 g/mol. The van der Waals surface area contributed by atoms with E-state index in [2.05, 4.69) is 20.9 Å². The molecule has 4 nitrogen and oxygen atoms in total. The molecule has 94 valence electrons. The van der Waals surface area contributed by atoms with Crippen LogP contribution in [0.5, 0.6) is 0 Å². The zero-order chi connectivity index (χ0) is 12.5. The Kier molecular flexibility index (Phi) is 3.85. The average molecular weight is 320 g/mol. The summed E-state index contributed by atoms with van der Waals surface area (Å²) in [5, 5.41) is 11.2. The average Bonchev–Trinajstić information content (AvgIpc) is 2.77. The van der Waals surface area contributed by atoms with Crippen LogP contribution in [0.4, 0.5) is 0 Å². The minimum atomic E-state index is -0.874. The molecule has 1 aromatic heterocycles. The monoisotopic (exact) mass is 319 g/mol. The molecule has 0 spiro atoms. The highest BCUT2D eigenvalue weighted by molar-refractivity contribution is 9.11. The number of hydrogen-bond donors (Lipinski definition) is 1. The first-order valence-corrected chi connectivity index (χ1v) is 7.08. The maximum absolute atomic E-state index is 11.4. The van der Waals surface area contributed by atoms with E-state index in [-0.39, 0.29) is 11.9 Å². The van der Waals surface area contributed by atoms with Gasteiger partial charge in [-0.25, -0.2) is 4.98 Å². The Morgan fingerprint density at radius 2 is 2.29 bits per heavy atom. The zero-order valence-corrected chi connectivity index (χ0v) is 11.9. The van der Waals surface area contributed by atoms with Gasteiger partial charge < -0.3 is 9.84 Å². The maximum atomic E-state index is 11.4. The van der Waals surface area contributed by atoms with Gasteiger partial charge in [0.1, 0.15) is 10.6 Å². The summed E-state index contributed by atoms with van der Waals surface area (Å²) >= 11 is 4.79. The SMILES string of the molecule is COC(=O)[C@H]1CC[C@@](O)(c2ncc(Br)s2)CC1. The van der Waals surface area contributed by atoms with Crippen LogP contribution in [0.25, 0.3) is 0 Å². The van der Waals surface area contributed by atoms with Crippen molar-refractivity contribution >= 4 is 33.2 Å². The van der Waals surface area contributed by atoms with Crippen LogP contribution >= 0.6 is 27.3 Å². The molecule has 0 atom stereocenters. The fourth-order valence-electron chi connectivity index (χ4n) is 2.18. The molecule has 0 amide bonds.